The van der Waals surface area contributed by atoms with Crippen LogP contribution in [0.15, 0.2) is 60.8 Å². The molecule has 1 aliphatic carbocycles. The first-order valence-corrected chi connectivity index (χ1v) is 15.3. The summed E-state index contributed by atoms with van der Waals surface area (Å²) in [5.41, 5.74) is 4.22. The number of anilines is 2. The summed E-state index contributed by atoms with van der Waals surface area (Å²) in [5, 5.41) is 12.3. The highest BCUT2D eigenvalue weighted by atomic mass is 16.4. The molecule has 1 aromatic heterocycles. The lowest BCUT2D eigenvalue weighted by molar-refractivity contribution is 0.0696. The van der Waals surface area contributed by atoms with Gasteiger partial charge >= 0.3 is 12.0 Å². The normalized spacial score (nSPS) is 20.7. The lowest BCUT2D eigenvalue weighted by atomic mass is 9.94. The summed E-state index contributed by atoms with van der Waals surface area (Å²) in [5.74, 6) is -0.466. The fourth-order valence-electron chi connectivity index (χ4n) is 6.81. The molecule has 2 N–H and O–H groups in total. The number of benzene rings is 2. The van der Waals surface area contributed by atoms with E-state index in [4.69, 9.17) is 5.11 Å². The van der Waals surface area contributed by atoms with Gasteiger partial charge in [-0.15, -0.1) is 0 Å². The summed E-state index contributed by atoms with van der Waals surface area (Å²) in [6, 6.07) is 18.1. The second-order valence-electron chi connectivity index (χ2n) is 11.9. The molecule has 0 radical (unpaired) electrons. The van der Waals surface area contributed by atoms with Gasteiger partial charge in [-0.05, 0) is 62.4 Å². The van der Waals surface area contributed by atoms with Gasteiger partial charge in [0.15, 0.2) is 0 Å². The number of amides is 2. The van der Waals surface area contributed by atoms with Crippen molar-refractivity contribution in [1.29, 1.82) is 0 Å². The van der Waals surface area contributed by atoms with Crippen molar-refractivity contribution in [3.63, 3.8) is 0 Å². The second kappa shape index (κ2) is 12.5. The number of carboxylic acid groups (broad SMARTS) is 1. The third kappa shape index (κ3) is 6.11. The standard InChI is InChI=1S/C33H40N6O3/c1-23-26(20-34-32(35-23)36-27-14-12-25(13-15-27)31(40)41)21-37-18-16-29(17-19-37)39-30(24-8-4-2-5-9-24)22-38(33(39)42)28-10-6-3-7-11-28/h2,4-5,8-9,12-15,20,28-30H,3,6-7,10-11,16-19,21-22H2,1H3,(H,40,41)(H,34,35,36). The van der Waals surface area contributed by atoms with Crippen molar-refractivity contribution in [3.8, 4) is 0 Å². The molecule has 9 nitrogen and oxygen atoms in total. The van der Waals surface area contributed by atoms with Gasteiger partial charge in [-0.1, -0.05) is 49.6 Å². The van der Waals surface area contributed by atoms with E-state index >= 15 is 0 Å². The Balaban J connectivity index is 1.08. The SMILES string of the molecule is Cc1nc(Nc2ccc(C(=O)O)cc2)ncc1CN1CCC(N2C(=O)N(C3CCCCC3)CC2c2ccccc2)CC1. The monoisotopic (exact) mass is 568 g/mol. The van der Waals surface area contributed by atoms with Gasteiger partial charge < -0.3 is 20.2 Å². The summed E-state index contributed by atoms with van der Waals surface area (Å²) in [6.07, 6.45) is 9.79. The number of urea groups is 1. The maximum atomic E-state index is 13.9. The smallest absolute Gasteiger partial charge is 0.335 e. The Hall–Kier alpha value is -3.98. The van der Waals surface area contributed by atoms with Crippen LogP contribution in [0.1, 0.15) is 78.2 Å². The van der Waals surface area contributed by atoms with E-state index < -0.39 is 5.97 Å². The lowest BCUT2D eigenvalue weighted by Crippen LogP contribution is -2.48. The van der Waals surface area contributed by atoms with E-state index in [2.05, 4.69) is 60.3 Å². The Bertz CT molecular complexity index is 1380. The zero-order valence-electron chi connectivity index (χ0n) is 24.3. The highest BCUT2D eigenvalue weighted by Crippen LogP contribution is 2.38. The van der Waals surface area contributed by atoms with E-state index in [0.717, 1.165) is 68.8 Å². The van der Waals surface area contributed by atoms with E-state index in [0.29, 0.717) is 12.0 Å². The van der Waals surface area contributed by atoms with Gasteiger partial charge in [-0.25, -0.2) is 19.6 Å². The fourth-order valence-corrected chi connectivity index (χ4v) is 6.81. The minimum absolute atomic E-state index is 0.119. The first kappa shape index (κ1) is 28.2. The minimum Gasteiger partial charge on any atom is -0.478 e. The molecule has 2 saturated heterocycles. The molecule has 9 heteroatoms. The van der Waals surface area contributed by atoms with Crippen molar-refractivity contribution in [1.82, 2.24) is 24.7 Å². The number of carbonyl (C=O) groups excluding carboxylic acids is 1. The molecule has 0 spiro atoms. The number of piperidine rings is 1. The molecule has 2 aliphatic heterocycles. The van der Waals surface area contributed by atoms with Crippen LogP contribution in [0.4, 0.5) is 16.4 Å². The Labute approximate surface area is 247 Å². The molecule has 1 unspecified atom stereocenters. The lowest BCUT2D eigenvalue weighted by Gasteiger charge is -2.39. The summed E-state index contributed by atoms with van der Waals surface area (Å²) in [6.45, 7) is 5.42. The molecule has 220 valence electrons. The molecule has 2 amide bonds. The first-order valence-electron chi connectivity index (χ1n) is 15.3. The summed E-state index contributed by atoms with van der Waals surface area (Å²) in [7, 11) is 0. The fraction of sp³-hybridized carbons (Fsp3) is 0.455. The van der Waals surface area contributed by atoms with Gasteiger partial charge in [0.05, 0.1) is 11.6 Å². The predicted molar refractivity (Wildman–Crippen MR) is 162 cm³/mol. The van der Waals surface area contributed by atoms with Gasteiger partial charge in [-0.3, -0.25) is 4.90 Å². The summed E-state index contributed by atoms with van der Waals surface area (Å²) in [4.78, 5) is 41.0. The van der Waals surface area contributed by atoms with Crippen LogP contribution in [-0.4, -0.2) is 73.5 Å². The highest BCUT2D eigenvalue weighted by Gasteiger charge is 2.45. The van der Waals surface area contributed by atoms with Gasteiger partial charge in [0.1, 0.15) is 0 Å². The summed E-state index contributed by atoms with van der Waals surface area (Å²) < 4.78 is 0. The van der Waals surface area contributed by atoms with E-state index in [-0.39, 0.29) is 23.7 Å². The van der Waals surface area contributed by atoms with Crippen LogP contribution in [0.5, 0.6) is 0 Å². The maximum absolute atomic E-state index is 13.9. The summed E-state index contributed by atoms with van der Waals surface area (Å²) >= 11 is 0. The van der Waals surface area contributed by atoms with Gasteiger partial charge in [0, 0.05) is 61.4 Å². The maximum Gasteiger partial charge on any atom is 0.335 e. The third-order valence-electron chi connectivity index (χ3n) is 9.19. The number of nitrogens with zero attached hydrogens (tertiary/aromatic N) is 5. The number of aromatic carboxylic acids is 1. The second-order valence-corrected chi connectivity index (χ2v) is 11.9. The molecule has 3 heterocycles. The number of aromatic nitrogens is 2. The van der Waals surface area contributed by atoms with Crippen LogP contribution in [0.2, 0.25) is 0 Å². The molecule has 0 bridgehead atoms. The third-order valence-corrected chi connectivity index (χ3v) is 9.19. The number of carboxylic acids is 1. The zero-order chi connectivity index (χ0) is 29.1. The number of carbonyl (C=O) groups is 2. The van der Waals surface area contributed by atoms with Crippen molar-refractivity contribution in [3.05, 3.63) is 83.2 Å². The molecule has 2 aromatic carbocycles. The Kier molecular flexibility index (Phi) is 8.37. The molecule has 1 saturated carbocycles. The molecule has 6 rings (SSSR count). The molecule has 42 heavy (non-hydrogen) atoms. The number of hydrogen-bond acceptors (Lipinski definition) is 6. The average Bonchev–Trinajstić information content (AvgIpc) is 3.37. The molecular weight excluding hydrogens is 528 g/mol. The van der Waals surface area contributed by atoms with Crippen molar-refractivity contribution in [2.45, 2.75) is 76.5 Å². The Morgan fingerprint density at radius 1 is 0.952 bits per heavy atom. The highest BCUT2D eigenvalue weighted by molar-refractivity contribution is 5.88. The minimum atomic E-state index is -0.952. The first-order chi connectivity index (χ1) is 20.5. The van der Waals surface area contributed by atoms with Gasteiger partial charge in [0.2, 0.25) is 5.95 Å². The Morgan fingerprint density at radius 3 is 2.33 bits per heavy atom. The predicted octanol–water partition coefficient (Wildman–Crippen LogP) is 6.00. The molecular formula is C33H40N6O3. The topological polar surface area (TPSA) is 102 Å². The van der Waals surface area contributed by atoms with Crippen LogP contribution in [0.3, 0.4) is 0 Å². The van der Waals surface area contributed by atoms with Crippen LogP contribution >= 0.6 is 0 Å². The van der Waals surface area contributed by atoms with Crippen molar-refractivity contribution >= 4 is 23.6 Å². The molecule has 3 fully saturated rings. The van der Waals surface area contributed by atoms with Crippen molar-refractivity contribution in [2.75, 3.05) is 25.0 Å². The molecule has 3 aromatic rings. The number of rotatable bonds is 8. The largest absolute Gasteiger partial charge is 0.478 e. The quantitative estimate of drug-likeness (QED) is 0.344. The Morgan fingerprint density at radius 2 is 1.67 bits per heavy atom. The van der Waals surface area contributed by atoms with Gasteiger partial charge in [0.25, 0.3) is 0 Å². The van der Waals surface area contributed by atoms with Crippen LogP contribution in [0.25, 0.3) is 0 Å². The number of nitrogens with one attached hydrogen (secondary N) is 1. The van der Waals surface area contributed by atoms with Crippen LogP contribution in [-0.2, 0) is 6.54 Å². The average molecular weight is 569 g/mol. The van der Waals surface area contributed by atoms with Crippen molar-refractivity contribution in [2.24, 2.45) is 0 Å². The van der Waals surface area contributed by atoms with E-state index in [1.54, 1.807) is 24.3 Å². The van der Waals surface area contributed by atoms with E-state index in [1.807, 2.05) is 13.1 Å². The van der Waals surface area contributed by atoms with E-state index in [1.165, 1.54) is 24.8 Å². The molecule has 3 aliphatic rings. The number of likely N-dealkylation sites (tertiary alicyclic amines) is 1. The van der Waals surface area contributed by atoms with E-state index in [9.17, 15) is 9.59 Å². The molecule has 1 atom stereocenters. The zero-order valence-corrected chi connectivity index (χ0v) is 24.3. The van der Waals surface area contributed by atoms with Crippen LogP contribution in [0, 0.1) is 6.92 Å². The van der Waals surface area contributed by atoms with Crippen molar-refractivity contribution < 1.29 is 14.7 Å². The van der Waals surface area contributed by atoms with Crippen LogP contribution < -0.4 is 5.32 Å². The number of hydrogen-bond donors (Lipinski definition) is 2. The van der Waals surface area contributed by atoms with Gasteiger partial charge in [-0.2, -0.15) is 0 Å². The number of aryl methyl sites for hydroxylation is 1.